The summed E-state index contributed by atoms with van der Waals surface area (Å²) in [5.41, 5.74) is 3.33. The molecule has 0 N–H and O–H groups in total. The van der Waals surface area contributed by atoms with Gasteiger partial charge in [0.2, 0.25) is 0 Å². The smallest absolute Gasteiger partial charge is 0.185 e. The molecule has 0 aliphatic heterocycles. The first-order chi connectivity index (χ1) is 16.2. The maximum absolute atomic E-state index is 12.6. The first-order valence-corrected chi connectivity index (χ1v) is 10.4. The lowest BCUT2D eigenvalue weighted by Gasteiger charge is -2.11. The SMILES string of the molecule is COc1ccc(OCc2cc(C=CC(=O)c3ccc(-n4ccnc4)cc3)ccc2OC)cc1. The van der Waals surface area contributed by atoms with E-state index in [1.807, 2.05) is 77.5 Å². The Balaban J connectivity index is 1.44. The lowest BCUT2D eigenvalue weighted by atomic mass is 10.1. The van der Waals surface area contributed by atoms with Crippen molar-refractivity contribution in [1.82, 2.24) is 9.55 Å². The number of rotatable bonds is 9. The first kappa shape index (κ1) is 21.9. The van der Waals surface area contributed by atoms with E-state index in [-0.39, 0.29) is 5.78 Å². The number of benzene rings is 3. The molecule has 6 heteroatoms. The van der Waals surface area contributed by atoms with Gasteiger partial charge in [0.05, 0.1) is 20.5 Å². The highest BCUT2D eigenvalue weighted by molar-refractivity contribution is 6.06. The highest BCUT2D eigenvalue weighted by Gasteiger charge is 2.07. The highest BCUT2D eigenvalue weighted by Crippen LogP contribution is 2.24. The quantitative estimate of drug-likeness (QED) is 0.259. The molecule has 0 radical (unpaired) electrons. The van der Waals surface area contributed by atoms with Crippen molar-refractivity contribution in [2.45, 2.75) is 6.61 Å². The molecular formula is C27H24N2O4. The van der Waals surface area contributed by atoms with Crippen molar-refractivity contribution in [3.8, 4) is 22.9 Å². The molecule has 0 saturated heterocycles. The van der Waals surface area contributed by atoms with Gasteiger partial charge in [-0.05, 0) is 72.3 Å². The molecule has 1 heterocycles. The second kappa shape index (κ2) is 10.3. The van der Waals surface area contributed by atoms with Crippen molar-refractivity contribution in [3.05, 3.63) is 108 Å². The summed E-state index contributed by atoms with van der Waals surface area (Å²) in [6.45, 7) is 0.334. The molecule has 6 nitrogen and oxygen atoms in total. The predicted octanol–water partition coefficient (Wildman–Crippen LogP) is 5.36. The minimum absolute atomic E-state index is 0.0703. The van der Waals surface area contributed by atoms with E-state index in [4.69, 9.17) is 14.2 Å². The Morgan fingerprint density at radius 3 is 2.36 bits per heavy atom. The van der Waals surface area contributed by atoms with E-state index < -0.39 is 0 Å². The standard InChI is InChI=1S/C27H24N2O4/c1-31-24-9-11-25(12-10-24)33-18-22-17-20(4-14-27(22)32-2)3-13-26(30)21-5-7-23(8-6-21)29-16-15-28-19-29/h3-17,19H,18H2,1-2H3. The Morgan fingerprint density at radius 1 is 0.939 bits per heavy atom. The van der Waals surface area contributed by atoms with Gasteiger partial charge in [0, 0.05) is 29.2 Å². The molecule has 0 unspecified atom stereocenters. The Kier molecular flexibility index (Phi) is 6.85. The first-order valence-electron chi connectivity index (χ1n) is 10.4. The van der Waals surface area contributed by atoms with Gasteiger partial charge in [0.25, 0.3) is 0 Å². The normalized spacial score (nSPS) is 10.8. The Morgan fingerprint density at radius 2 is 1.70 bits per heavy atom. The third-order valence-corrected chi connectivity index (χ3v) is 5.14. The number of carbonyl (C=O) groups excluding carboxylic acids is 1. The fourth-order valence-corrected chi connectivity index (χ4v) is 3.33. The Bertz CT molecular complexity index is 1230. The van der Waals surface area contributed by atoms with Crippen LogP contribution in [-0.2, 0) is 6.61 Å². The second-order valence-corrected chi connectivity index (χ2v) is 7.25. The van der Waals surface area contributed by atoms with E-state index in [1.54, 1.807) is 38.9 Å². The lowest BCUT2D eigenvalue weighted by Crippen LogP contribution is -1.99. The molecule has 0 fully saturated rings. The minimum atomic E-state index is -0.0703. The summed E-state index contributed by atoms with van der Waals surface area (Å²) < 4.78 is 18.4. The fraction of sp³-hybridized carbons (Fsp3) is 0.111. The second-order valence-electron chi connectivity index (χ2n) is 7.25. The Labute approximate surface area is 192 Å². The number of hydrogen-bond donors (Lipinski definition) is 0. The van der Waals surface area contributed by atoms with Crippen LogP contribution in [0, 0.1) is 0 Å². The van der Waals surface area contributed by atoms with Crippen LogP contribution in [0.3, 0.4) is 0 Å². The number of ether oxygens (including phenoxy) is 3. The summed E-state index contributed by atoms with van der Waals surface area (Å²) in [6, 6.07) is 20.5. The fourth-order valence-electron chi connectivity index (χ4n) is 3.33. The van der Waals surface area contributed by atoms with Crippen LogP contribution in [0.2, 0.25) is 0 Å². The van der Waals surface area contributed by atoms with E-state index >= 15 is 0 Å². The number of aromatic nitrogens is 2. The van der Waals surface area contributed by atoms with Gasteiger partial charge in [-0.15, -0.1) is 0 Å². The van der Waals surface area contributed by atoms with Crippen LogP contribution in [0.5, 0.6) is 17.2 Å². The van der Waals surface area contributed by atoms with Crippen molar-refractivity contribution < 1.29 is 19.0 Å². The number of nitrogens with zero attached hydrogens (tertiary/aromatic N) is 2. The van der Waals surface area contributed by atoms with E-state index in [0.29, 0.717) is 12.2 Å². The van der Waals surface area contributed by atoms with E-state index in [1.165, 1.54) is 0 Å². The average molecular weight is 440 g/mol. The molecule has 1 aromatic heterocycles. The number of ketones is 1. The van der Waals surface area contributed by atoms with Crippen LogP contribution >= 0.6 is 0 Å². The van der Waals surface area contributed by atoms with E-state index in [2.05, 4.69) is 4.98 Å². The van der Waals surface area contributed by atoms with Gasteiger partial charge >= 0.3 is 0 Å². The molecule has 0 spiro atoms. The molecule has 0 aliphatic rings. The topological polar surface area (TPSA) is 62.6 Å². The molecule has 0 bridgehead atoms. The third-order valence-electron chi connectivity index (χ3n) is 5.14. The number of hydrogen-bond acceptors (Lipinski definition) is 5. The lowest BCUT2D eigenvalue weighted by molar-refractivity contribution is 0.104. The van der Waals surface area contributed by atoms with Crippen LogP contribution in [0.4, 0.5) is 0 Å². The van der Waals surface area contributed by atoms with Gasteiger partial charge in [0.15, 0.2) is 5.78 Å². The van der Waals surface area contributed by atoms with Gasteiger partial charge in [-0.25, -0.2) is 4.98 Å². The molecule has 33 heavy (non-hydrogen) atoms. The van der Waals surface area contributed by atoms with E-state index in [0.717, 1.165) is 34.1 Å². The van der Waals surface area contributed by atoms with Crippen molar-refractivity contribution in [3.63, 3.8) is 0 Å². The van der Waals surface area contributed by atoms with Gasteiger partial charge < -0.3 is 18.8 Å². The summed E-state index contributed by atoms with van der Waals surface area (Å²) in [5, 5.41) is 0. The zero-order valence-corrected chi connectivity index (χ0v) is 18.5. The van der Waals surface area contributed by atoms with Crippen molar-refractivity contribution >= 4 is 11.9 Å². The molecule has 0 atom stereocenters. The number of methoxy groups -OCH3 is 2. The van der Waals surface area contributed by atoms with Crippen molar-refractivity contribution in [2.24, 2.45) is 0 Å². The summed E-state index contributed by atoms with van der Waals surface area (Å²) in [7, 11) is 3.25. The van der Waals surface area contributed by atoms with Crippen molar-refractivity contribution in [1.29, 1.82) is 0 Å². The summed E-state index contributed by atoms with van der Waals surface area (Å²) >= 11 is 0. The van der Waals surface area contributed by atoms with E-state index in [9.17, 15) is 4.79 Å². The van der Waals surface area contributed by atoms with Gasteiger partial charge in [-0.1, -0.05) is 12.1 Å². The van der Waals surface area contributed by atoms with Gasteiger partial charge in [-0.2, -0.15) is 0 Å². The average Bonchev–Trinajstić information content (AvgIpc) is 3.41. The largest absolute Gasteiger partial charge is 0.497 e. The van der Waals surface area contributed by atoms with Gasteiger partial charge in [-0.3, -0.25) is 4.79 Å². The monoisotopic (exact) mass is 440 g/mol. The van der Waals surface area contributed by atoms with Crippen LogP contribution in [0.15, 0.2) is 91.5 Å². The zero-order valence-electron chi connectivity index (χ0n) is 18.5. The maximum atomic E-state index is 12.6. The molecule has 0 aliphatic carbocycles. The van der Waals surface area contributed by atoms with Crippen LogP contribution < -0.4 is 14.2 Å². The van der Waals surface area contributed by atoms with Crippen LogP contribution in [-0.4, -0.2) is 29.6 Å². The molecule has 3 aromatic carbocycles. The maximum Gasteiger partial charge on any atom is 0.185 e. The number of allylic oxidation sites excluding steroid dienone is 1. The molecule has 4 rings (SSSR count). The highest BCUT2D eigenvalue weighted by atomic mass is 16.5. The molecule has 0 saturated carbocycles. The summed E-state index contributed by atoms with van der Waals surface area (Å²) in [4.78, 5) is 16.7. The third kappa shape index (κ3) is 5.49. The summed E-state index contributed by atoms with van der Waals surface area (Å²) in [5.74, 6) is 2.15. The zero-order chi connectivity index (χ0) is 23.0. The molecule has 0 amide bonds. The summed E-state index contributed by atoms with van der Waals surface area (Å²) in [6.07, 6.45) is 8.66. The predicted molar refractivity (Wildman–Crippen MR) is 127 cm³/mol. The molecule has 4 aromatic rings. The van der Waals surface area contributed by atoms with Crippen molar-refractivity contribution in [2.75, 3.05) is 14.2 Å². The number of imidazole rings is 1. The number of carbonyl (C=O) groups is 1. The Hall–Kier alpha value is -4.32. The van der Waals surface area contributed by atoms with Crippen LogP contribution in [0.1, 0.15) is 21.5 Å². The van der Waals surface area contributed by atoms with Gasteiger partial charge in [0.1, 0.15) is 23.9 Å². The van der Waals surface area contributed by atoms with Crippen LogP contribution in [0.25, 0.3) is 11.8 Å². The molecule has 166 valence electrons. The molecular weight excluding hydrogens is 416 g/mol. The minimum Gasteiger partial charge on any atom is -0.497 e.